The van der Waals surface area contributed by atoms with Crippen molar-refractivity contribution in [1.82, 2.24) is 4.98 Å². The molecule has 3 nitrogen and oxygen atoms in total. The molecular weight excluding hydrogens is 236 g/mol. The first-order valence-corrected chi connectivity index (χ1v) is 6.15. The summed E-state index contributed by atoms with van der Waals surface area (Å²) in [7, 11) is 0. The van der Waals surface area contributed by atoms with Crippen LogP contribution in [0.4, 0.5) is 0 Å². The summed E-state index contributed by atoms with van der Waals surface area (Å²) < 4.78 is 0. The van der Waals surface area contributed by atoms with Crippen LogP contribution in [-0.2, 0) is 0 Å². The standard InChI is InChI=1S/C16H14N2O/c1-11-6-8-12(9-7-11)16-14(10-17-19)13-4-2-3-5-15(13)18-16/h2-10,18-19H,1H3. The molecule has 3 rings (SSSR count). The molecule has 3 heteroatoms. The van der Waals surface area contributed by atoms with Gasteiger partial charge < -0.3 is 10.2 Å². The molecule has 0 radical (unpaired) electrons. The zero-order valence-electron chi connectivity index (χ0n) is 10.6. The van der Waals surface area contributed by atoms with Crippen molar-refractivity contribution in [1.29, 1.82) is 0 Å². The third-order valence-corrected chi connectivity index (χ3v) is 3.27. The number of benzene rings is 2. The van der Waals surface area contributed by atoms with Gasteiger partial charge in [0.2, 0.25) is 0 Å². The lowest BCUT2D eigenvalue weighted by atomic mass is 10.0. The minimum Gasteiger partial charge on any atom is -0.411 e. The van der Waals surface area contributed by atoms with Crippen LogP contribution in [0, 0.1) is 6.92 Å². The second kappa shape index (κ2) is 4.61. The minimum absolute atomic E-state index is 0.905. The number of aromatic amines is 1. The van der Waals surface area contributed by atoms with Crippen molar-refractivity contribution < 1.29 is 5.21 Å². The largest absolute Gasteiger partial charge is 0.411 e. The topological polar surface area (TPSA) is 48.4 Å². The number of para-hydroxylation sites is 1. The van der Waals surface area contributed by atoms with Crippen molar-refractivity contribution >= 4 is 17.1 Å². The summed E-state index contributed by atoms with van der Waals surface area (Å²) in [5.74, 6) is 0. The second-order valence-electron chi connectivity index (χ2n) is 4.57. The first-order valence-electron chi connectivity index (χ1n) is 6.15. The molecule has 0 fully saturated rings. The molecule has 0 saturated carbocycles. The van der Waals surface area contributed by atoms with Gasteiger partial charge in [-0.25, -0.2) is 0 Å². The van der Waals surface area contributed by atoms with Gasteiger partial charge in [0, 0.05) is 16.5 Å². The van der Waals surface area contributed by atoms with Crippen LogP contribution in [0.5, 0.6) is 0 Å². The Morgan fingerprint density at radius 3 is 2.53 bits per heavy atom. The van der Waals surface area contributed by atoms with Crippen LogP contribution in [0.3, 0.4) is 0 Å². The molecule has 2 N–H and O–H groups in total. The van der Waals surface area contributed by atoms with Crippen LogP contribution >= 0.6 is 0 Å². The van der Waals surface area contributed by atoms with E-state index in [9.17, 15) is 0 Å². The van der Waals surface area contributed by atoms with Crippen LogP contribution in [0.15, 0.2) is 53.7 Å². The SMILES string of the molecule is Cc1ccc(-c2[nH]c3ccccc3c2C=NO)cc1. The smallest absolute Gasteiger partial charge is 0.0761 e. The molecule has 0 aliphatic rings. The van der Waals surface area contributed by atoms with Crippen molar-refractivity contribution in [2.45, 2.75) is 6.92 Å². The fraction of sp³-hybridized carbons (Fsp3) is 0.0625. The van der Waals surface area contributed by atoms with Crippen molar-refractivity contribution in [2.24, 2.45) is 5.16 Å². The number of hydrogen-bond acceptors (Lipinski definition) is 2. The zero-order valence-corrected chi connectivity index (χ0v) is 10.6. The van der Waals surface area contributed by atoms with Crippen molar-refractivity contribution in [3.63, 3.8) is 0 Å². The van der Waals surface area contributed by atoms with Crippen LogP contribution in [-0.4, -0.2) is 16.4 Å². The van der Waals surface area contributed by atoms with E-state index in [-0.39, 0.29) is 0 Å². The number of oxime groups is 1. The highest BCUT2D eigenvalue weighted by molar-refractivity contribution is 6.05. The first kappa shape index (κ1) is 11.5. The maximum atomic E-state index is 8.87. The lowest BCUT2D eigenvalue weighted by Crippen LogP contribution is -1.85. The summed E-state index contributed by atoms with van der Waals surface area (Å²) in [6.45, 7) is 2.06. The molecule has 0 aliphatic carbocycles. The van der Waals surface area contributed by atoms with Gasteiger partial charge in [-0.2, -0.15) is 0 Å². The average Bonchev–Trinajstić information content (AvgIpc) is 2.79. The molecular formula is C16H14N2O. The van der Waals surface area contributed by atoms with E-state index < -0.39 is 0 Å². The van der Waals surface area contributed by atoms with Crippen molar-refractivity contribution in [2.75, 3.05) is 0 Å². The third kappa shape index (κ3) is 1.99. The molecule has 0 amide bonds. The fourth-order valence-corrected chi connectivity index (χ4v) is 2.30. The molecule has 0 atom stereocenters. The van der Waals surface area contributed by atoms with Crippen LogP contribution in [0.2, 0.25) is 0 Å². The van der Waals surface area contributed by atoms with Gasteiger partial charge in [-0.15, -0.1) is 0 Å². The lowest BCUT2D eigenvalue weighted by Gasteiger charge is -2.01. The van der Waals surface area contributed by atoms with E-state index >= 15 is 0 Å². The Morgan fingerprint density at radius 1 is 1.05 bits per heavy atom. The molecule has 0 spiro atoms. The van der Waals surface area contributed by atoms with Gasteiger partial charge in [0.25, 0.3) is 0 Å². The number of nitrogens with one attached hydrogen (secondary N) is 1. The van der Waals surface area contributed by atoms with Crippen molar-refractivity contribution in [3.05, 3.63) is 59.7 Å². The number of aryl methyl sites for hydroxylation is 1. The maximum absolute atomic E-state index is 8.87. The predicted octanol–water partition coefficient (Wildman–Crippen LogP) is 3.95. The second-order valence-corrected chi connectivity index (χ2v) is 4.57. The Balaban J connectivity index is 2.27. The van der Waals surface area contributed by atoms with Gasteiger partial charge in [0.05, 0.1) is 11.9 Å². The summed E-state index contributed by atoms with van der Waals surface area (Å²) in [5.41, 5.74) is 5.21. The van der Waals surface area contributed by atoms with E-state index in [0.29, 0.717) is 0 Å². The van der Waals surface area contributed by atoms with Crippen LogP contribution in [0.1, 0.15) is 11.1 Å². The number of fused-ring (bicyclic) bond motifs is 1. The van der Waals surface area contributed by atoms with E-state index in [1.807, 2.05) is 24.3 Å². The lowest BCUT2D eigenvalue weighted by molar-refractivity contribution is 0.322. The van der Waals surface area contributed by atoms with Gasteiger partial charge in [-0.05, 0) is 18.6 Å². The molecule has 0 aliphatic heterocycles. The molecule has 2 aromatic carbocycles. The molecule has 0 bridgehead atoms. The van der Waals surface area contributed by atoms with Gasteiger partial charge in [0.1, 0.15) is 0 Å². The summed E-state index contributed by atoms with van der Waals surface area (Å²) in [4.78, 5) is 3.38. The zero-order chi connectivity index (χ0) is 13.2. The molecule has 19 heavy (non-hydrogen) atoms. The molecule has 0 unspecified atom stereocenters. The van der Waals surface area contributed by atoms with Gasteiger partial charge in [0.15, 0.2) is 0 Å². The molecule has 3 aromatic rings. The van der Waals surface area contributed by atoms with Gasteiger partial charge in [-0.3, -0.25) is 0 Å². The molecule has 94 valence electrons. The average molecular weight is 250 g/mol. The monoisotopic (exact) mass is 250 g/mol. The highest BCUT2D eigenvalue weighted by Gasteiger charge is 2.11. The number of aromatic nitrogens is 1. The maximum Gasteiger partial charge on any atom is 0.0761 e. The minimum atomic E-state index is 0.905. The normalized spacial score (nSPS) is 11.4. The number of nitrogens with zero attached hydrogens (tertiary/aromatic N) is 1. The first-order chi connectivity index (χ1) is 9.29. The Bertz CT molecular complexity index is 739. The van der Waals surface area contributed by atoms with E-state index in [2.05, 4.69) is 41.3 Å². The molecule has 0 saturated heterocycles. The number of hydrogen-bond donors (Lipinski definition) is 2. The Hall–Kier alpha value is -2.55. The third-order valence-electron chi connectivity index (χ3n) is 3.27. The van der Waals surface area contributed by atoms with E-state index in [4.69, 9.17) is 5.21 Å². The fourth-order valence-electron chi connectivity index (χ4n) is 2.30. The van der Waals surface area contributed by atoms with E-state index in [1.165, 1.54) is 11.8 Å². The van der Waals surface area contributed by atoms with E-state index in [0.717, 1.165) is 27.7 Å². The molecule has 1 heterocycles. The summed E-state index contributed by atoms with van der Waals surface area (Å²) in [5, 5.41) is 13.1. The Kier molecular flexibility index (Phi) is 2.80. The van der Waals surface area contributed by atoms with Crippen molar-refractivity contribution in [3.8, 4) is 11.3 Å². The molecule has 1 aromatic heterocycles. The summed E-state index contributed by atoms with van der Waals surface area (Å²) >= 11 is 0. The predicted molar refractivity (Wildman–Crippen MR) is 77.9 cm³/mol. The Morgan fingerprint density at radius 2 is 1.79 bits per heavy atom. The Labute approximate surface area is 111 Å². The van der Waals surface area contributed by atoms with Crippen LogP contribution in [0.25, 0.3) is 22.2 Å². The number of rotatable bonds is 2. The summed E-state index contributed by atoms with van der Waals surface area (Å²) in [6.07, 6.45) is 1.48. The van der Waals surface area contributed by atoms with Crippen LogP contribution < -0.4 is 0 Å². The highest BCUT2D eigenvalue weighted by atomic mass is 16.4. The van der Waals surface area contributed by atoms with Gasteiger partial charge >= 0.3 is 0 Å². The number of H-pyrrole nitrogens is 1. The van der Waals surface area contributed by atoms with E-state index in [1.54, 1.807) is 0 Å². The van der Waals surface area contributed by atoms with Gasteiger partial charge in [-0.1, -0.05) is 53.2 Å². The summed E-state index contributed by atoms with van der Waals surface area (Å²) in [6, 6.07) is 16.3. The quantitative estimate of drug-likeness (QED) is 0.404. The highest BCUT2D eigenvalue weighted by Crippen LogP contribution is 2.29.